The highest BCUT2D eigenvalue weighted by Crippen LogP contribution is 2.39. The second kappa shape index (κ2) is 5.45. The minimum atomic E-state index is -4.45. The Morgan fingerprint density at radius 2 is 1.88 bits per heavy atom. The Balaban J connectivity index is 3.14. The molecular formula is C7H8Br2N3O4P. The van der Waals surface area contributed by atoms with Gasteiger partial charge in [0.25, 0.3) is 0 Å². The molecule has 1 amide bonds. The van der Waals surface area contributed by atoms with Gasteiger partial charge in [0.15, 0.2) is 5.82 Å². The highest BCUT2D eigenvalue weighted by Gasteiger charge is 2.17. The molecule has 7 nitrogen and oxygen atoms in total. The zero-order valence-corrected chi connectivity index (χ0v) is 12.5. The van der Waals surface area contributed by atoms with Gasteiger partial charge in [0.1, 0.15) is 5.82 Å². The number of carbonyl (C=O) groups is 1. The molecule has 0 aliphatic rings. The summed E-state index contributed by atoms with van der Waals surface area (Å²) in [6.45, 7) is 1.30. The van der Waals surface area contributed by atoms with Crippen LogP contribution in [0.1, 0.15) is 6.92 Å². The Bertz CT molecular complexity index is 504. The van der Waals surface area contributed by atoms with Crippen LogP contribution in [0.15, 0.2) is 15.0 Å². The number of pyridine rings is 1. The first-order chi connectivity index (χ1) is 7.69. The fourth-order valence-corrected chi connectivity index (χ4v) is 2.68. The molecule has 0 saturated carbocycles. The molecule has 4 N–H and O–H groups in total. The quantitative estimate of drug-likeness (QED) is 0.590. The van der Waals surface area contributed by atoms with Crippen LogP contribution in [0.4, 0.5) is 11.6 Å². The van der Waals surface area contributed by atoms with Gasteiger partial charge in [0.05, 0.1) is 8.95 Å². The maximum atomic E-state index is 10.9. The highest BCUT2D eigenvalue weighted by atomic mass is 79.9. The molecule has 17 heavy (non-hydrogen) atoms. The summed E-state index contributed by atoms with van der Waals surface area (Å²) in [7, 11) is -4.45. The number of hydrogen-bond acceptors (Lipinski definition) is 3. The summed E-state index contributed by atoms with van der Waals surface area (Å²) in [5.74, 6) is -0.246. The largest absolute Gasteiger partial charge is 0.428 e. The summed E-state index contributed by atoms with van der Waals surface area (Å²) in [4.78, 5) is 32.3. The van der Waals surface area contributed by atoms with Crippen LogP contribution in [0.5, 0.6) is 0 Å². The van der Waals surface area contributed by atoms with Crippen molar-refractivity contribution in [3.63, 3.8) is 0 Å². The van der Waals surface area contributed by atoms with E-state index >= 15 is 0 Å². The number of amides is 1. The lowest BCUT2D eigenvalue weighted by molar-refractivity contribution is -0.114. The molecule has 0 fully saturated rings. The van der Waals surface area contributed by atoms with Crippen molar-refractivity contribution in [2.24, 2.45) is 0 Å². The van der Waals surface area contributed by atoms with Crippen LogP contribution in [0.25, 0.3) is 0 Å². The maximum absolute atomic E-state index is 10.9. The summed E-state index contributed by atoms with van der Waals surface area (Å²) in [6, 6.07) is 1.51. The Kier molecular flexibility index (Phi) is 4.68. The molecule has 1 heterocycles. The van der Waals surface area contributed by atoms with Crippen molar-refractivity contribution in [2.45, 2.75) is 6.92 Å². The molecule has 0 atom stereocenters. The van der Waals surface area contributed by atoms with Crippen LogP contribution < -0.4 is 10.4 Å². The normalized spacial score (nSPS) is 11.1. The first-order valence-corrected chi connectivity index (χ1v) is 7.36. The number of hydrogen-bond donors (Lipinski definition) is 4. The van der Waals surface area contributed by atoms with E-state index in [4.69, 9.17) is 9.79 Å². The van der Waals surface area contributed by atoms with Crippen LogP contribution in [-0.4, -0.2) is 20.7 Å². The lowest BCUT2D eigenvalue weighted by Crippen LogP contribution is -2.09. The van der Waals surface area contributed by atoms with Crippen molar-refractivity contribution in [3.05, 3.63) is 15.0 Å². The van der Waals surface area contributed by atoms with E-state index < -0.39 is 7.75 Å². The minimum Gasteiger partial charge on any atom is -0.310 e. The van der Waals surface area contributed by atoms with Crippen molar-refractivity contribution in [1.82, 2.24) is 4.98 Å². The van der Waals surface area contributed by atoms with E-state index in [1.54, 1.807) is 0 Å². The summed E-state index contributed by atoms with van der Waals surface area (Å²) >= 11 is 6.25. The van der Waals surface area contributed by atoms with Gasteiger partial charge in [-0.2, -0.15) is 0 Å². The van der Waals surface area contributed by atoms with E-state index in [1.807, 2.05) is 5.09 Å². The van der Waals surface area contributed by atoms with Gasteiger partial charge in [0, 0.05) is 6.92 Å². The maximum Gasteiger partial charge on any atom is 0.428 e. The van der Waals surface area contributed by atoms with E-state index in [0.29, 0.717) is 8.95 Å². The van der Waals surface area contributed by atoms with Crippen molar-refractivity contribution in [1.29, 1.82) is 0 Å². The molecule has 0 unspecified atom stereocenters. The number of anilines is 2. The SMILES string of the molecule is CC(=O)Nc1nc(NP(=O)(O)O)c(Br)cc1Br. The molecule has 0 aliphatic heterocycles. The van der Waals surface area contributed by atoms with Crippen molar-refractivity contribution >= 4 is 57.1 Å². The Morgan fingerprint density at radius 3 is 2.35 bits per heavy atom. The van der Waals surface area contributed by atoms with Gasteiger partial charge in [-0.05, 0) is 37.9 Å². The van der Waals surface area contributed by atoms with Gasteiger partial charge < -0.3 is 15.1 Å². The molecule has 0 saturated heterocycles. The molecule has 1 rings (SSSR count). The first-order valence-electron chi connectivity index (χ1n) is 4.16. The summed E-state index contributed by atoms with van der Waals surface area (Å²) in [5, 5.41) is 4.34. The third-order valence-corrected chi connectivity index (χ3v) is 3.19. The topological polar surface area (TPSA) is 112 Å². The third kappa shape index (κ3) is 4.72. The first kappa shape index (κ1) is 14.6. The van der Waals surface area contributed by atoms with Crippen LogP contribution in [0.3, 0.4) is 0 Å². The second-order valence-corrected chi connectivity index (χ2v) is 6.01. The number of carbonyl (C=O) groups excluding carboxylic acids is 1. The van der Waals surface area contributed by atoms with Gasteiger partial charge >= 0.3 is 7.75 Å². The Labute approximate surface area is 113 Å². The molecule has 10 heteroatoms. The van der Waals surface area contributed by atoms with Crippen molar-refractivity contribution in [3.8, 4) is 0 Å². The average Bonchev–Trinajstić information content (AvgIpc) is 2.10. The fraction of sp³-hybridized carbons (Fsp3) is 0.143. The van der Waals surface area contributed by atoms with Crippen LogP contribution >= 0.6 is 39.6 Å². The fourth-order valence-electron chi connectivity index (χ4n) is 0.937. The zero-order chi connectivity index (χ0) is 13.2. The predicted molar refractivity (Wildman–Crippen MR) is 69.6 cm³/mol. The lowest BCUT2D eigenvalue weighted by Gasteiger charge is -2.12. The molecule has 0 radical (unpaired) electrons. The second-order valence-electron chi connectivity index (χ2n) is 2.99. The lowest BCUT2D eigenvalue weighted by atomic mass is 10.4. The summed E-state index contributed by atoms with van der Waals surface area (Å²) in [5.41, 5.74) is 0. The van der Waals surface area contributed by atoms with Gasteiger partial charge in [-0.25, -0.2) is 9.55 Å². The van der Waals surface area contributed by atoms with Crippen LogP contribution in [0.2, 0.25) is 0 Å². The van der Waals surface area contributed by atoms with E-state index in [1.165, 1.54) is 13.0 Å². The molecule has 0 aliphatic carbocycles. The molecule has 1 aromatic heterocycles. The smallest absolute Gasteiger partial charge is 0.310 e. The number of nitrogens with one attached hydrogen (secondary N) is 2. The molecule has 0 spiro atoms. The third-order valence-electron chi connectivity index (χ3n) is 1.48. The molecule has 1 aromatic rings. The van der Waals surface area contributed by atoms with E-state index in [2.05, 4.69) is 42.2 Å². The molecule has 94 valence electrons. The van der Waals surface area contributed by atoms with E-state index in [9.17, 15) is 9.36 Å². The number of rotatable bonds is 3. The van der Waals surface area contributed by atoms with Gasteiger partial charge in [-0.3, -0.25) is 9.88 Å². The monoisotopic (exact) mass is 387 g/mol. The van der Waals surface area contributed by atoms with Gasteiger partial charge in [-0.1, -0.05) is 0 Å². The molecule has 0 bridgehead atoms. The Hall–Kier alpha value is -0.470. The standard InChI is InChI=1S/C7H8Br2N3O4P/c1-3(13)10-6-4(8)2-5(9)7(11-6)12-17(14,15)16/h2H,1H3,(H4,10,11,12,13,14,15,16). The zero-order valence-electron chi connectivity index (χ0n) is 8.44. The van der Waals surface area contributed by atoms with Gasteiger partial charge in [-0.15, -0.1) is 0 Å². The summed E-state index contributed by atoms with van der Waals surface area (Å²) in [6.07, 6.45) is 0. The molecular weight excluding hydrogens is 381 g/mol. The van der Waals surface area contributed by atoms with Crippen LogP contribution in [0, 0.1) is 0 Å². The van der Waals surface area contributed by atoms with Crippen LogP contribution in [-0.2, 0) is 9.36 Å². The average molecular weight is 389 g/mol. The predicted octanol–water partition coefficient (Wildman–Crippen LogP) is 2.07. The number of aromatic nitrogens is 1. The Morgan fingerprint density at radius 1 is 1.35 bits per heavy atom. The highest BCUT2D eigenvalue weighted by molar-refractivity contribution is 9.11. The minimum absolute atomic E-state index is 0.0646. The van der Waals surface area contributed by atoms with Crippen molar-refractivity contribution < 1.29 is 19.1 Å². The number of halogens is 2. The van der Waals surface area contributed by atoms with Crippen molar-refractivity contribution in [2.75, 3.05) is 10.4 Å². The summed E-state index contributed by atoms with van der Waals surface area (Å²) < 4.78 is 11.6. The number of nitrogens with zero attached hydrogens (tertiary/aromatic N) is 1. The molecule has 0 aromatic carbocycles. The van der Waals surface area contributed by atoms with Gasteiger partial charge in [0.2, 0.25) is 5.91 Å². The van der Waals surface area contributed by atoms with E-state index in [-0.39, 0.29) is 17.5 Å². The van der Waals surface area contributed by atoms with E-state index in [0.717, 1.165) is 0 Å².